The third kappa shape index (κ3) is 4.22. The van der Waals surface area contributed by atoms with E-state index in [1.165, 1.54) is 11.1 Å². The molecule has 0 amide bonds. The van der Waals surface area contributed by atoms with Gasteiger partial charge in [-0.25, -0.2) is 0 Å². The van der Waals surface area contributed by atoms with Crippen molar-refractivity contribution >= 4 is 10.9 Å². The fourth-order valence-corrected chi connectivity index (χ4v) is 3.23. The van der Waals surface area contributed by atoms with Crippen molar-refractivity contribution in [3.05, 3.63) is 117 Å². The SMILES string of the molecule is Cc1ccc(CC#Cc2ccc3[nH]c(=O)c(Cc4ccccc4)cc3c2)cc1. The van der Waals surface area contributed by atoms with Crippen LogP contribution in [0.25, 0.3) is 10.9 Å². The summed E-state index contributed by atoms with van der Waals surface area (Å²) in [6.07, 6.45) is 1.35. The molecule has 0 aliphatic heterocycles. The molecule has 1 N–H and O–H groups in total. The number of benzene rings is 3. The highest BCUT2D eigenvalue weighted by Crippen LogP contribution is 2.15. The average Bonchev–Trinajstić information content (AvgIpc) is 2.71. The van der Waals surface area contributed by atoms with Crippen LogP contribution in [-0.2, 0) is 12.8 Å². The average molecular weight is 363 g/mol. The summed E-state index contributed by atoms with van der Waals surface area (Å²) in [7, 11) is 0. The normalized spacial score (nSPS) is 10.5. The van der Waals surface area contributed by atoms with Crippen molar-refractivity contribution in [2.45, 2.75) is 19.8 Å². The van der Waals surface area contributed by atoms with Crippen LogP contribution in [0.1, 0.15) is 27.8 Å². The molecule has 0 unspecified atom stereocenters. The Morgan fingerprint density at radius 1 is 0.857 bits per heavy atom. The zero-order chi connectivity index (χ0) is 19.3. The number of pyridine rings is 1. The van der Waals surface area contributed by atoms with Crippen molar-refractivity contribution in [3.8, 4) is 11.8 Å². The number of H-pyrrole nitrogens is 1. The van der Waals surface area contributed by atoms with Crippen molar-refractivity contribution in [2.75, 3.05) is 0 Å². The van der Waals surface area contributed by atoms with Crippen LogP contribution in [0.2, 0.25) is 0 Å². The molecule has 136 valence electrons. The maximum Gasteiger partial charge on any atom is 0.251 e. The predicted molar refractivity (Wildman–Crippen MR) is 116 cm³/mol. The largest absolute Gasteiger partial charge is 0.322 e. The Labute approximate surface area is 164 Å². The maximum atomic E-state index is 12.4. The zero-order valence-corrected chi connectivity index (χ0v) is 15.8. The van der Waals surface area contributed by atoms with E-state index in [9.17, 15) is 4.79 Å². The summed E-state index contributed by atoms with van der Waals surface area (Å²) in [5.74, 6) is 6.49. The summed E-state index contributed by atoms with van der Waals surface area (Å²) in [5.41, 5.74) is 6.13. The Kier molecular flexibility index (Phi) is 5.08. The number of fused-ring (bicyclic) bond motifs is 1. The van der Waals surface area contributed by atoms with Crippen LogP contribution in [0.3, 0.4) is 0 Å². The van der Waals surface area contributed by atoms with Crippen molar-refractivity contribution < 1.29 is 0 Å². The van der Waals surface area contributed by atoms with Gasteiger partial charge in [-0.3, -0.25) is 4.79 Å². The summed E-state index contributed by atoms with van der Waals surface area (Å²) in [6.45, 7) is 2.08. The number of hydrogen-bond donors (Lipinski definition) is 1. The molecule has 3 aromatic carbocycles. The number of hydrogen-bond acceptors (Lipinski definition) is 1. The van der Waals surface area contributed by atoms with E-state index in [4.69, 9.17) is 0 Å². The van der Waals surface area contributed by atoms with Crippen LogP contribution in [0.15, 0.2) is 83.7 Å². The van der Waals surface area contributed by atoms with E-state index in [0.717, 1.165) is 34.0 Å². The molecular weight excluding hydrogens is 342 g/mol. The monoisotopic (exact) mass is 363 g/mol. The van der Waals surface area contributed by atoms with Gasteiger partial charge in [0.1, 0.15) is 0 Å². The van der Waals surface area contributed by atoms with E-state index in [1.54, 1.807) is 0 Å². The van der Waals surface area contributed by atoms with E-state index < -0.39 is 0 Å². The van der Waals surface area contributed by atoms with Crippen molar-refractivity contribution in [1.29, 1.82) is 0 Å². The summed E-state index contributed by atoms with van der Waals surface area (Å²) in [4.78, 5) is 15.4. The number of nitrogens with one attached hydrogen (secondary N) is 1. The highest BCUT2D eigenvalue weighted by Gasteiger charge is 2.05. The zero-order valence-electron chi connectivity index (χ0n) is 15.8. The molecule has 28 heavy (non-hydrogen) atoms. The number of rotatable bonds is 3. The molecule has 0 saturated heterocycles. The quantitative estimate of drug-likeness (QED) is 0.509. The first-order valence-electron chi connectivity index (χ1n) is 9.42. The molecule has 0 aliphatic carbocycles. The number of aromatic amines is 1. The Hall–Kier alpha value is -3.57. The minimum Gasteiger partial charge on any atom is -0.322 e. The second-order valence-corrected chi connectivity index (χ2v) is 7.05. The van der Waals surface area contributed by atoms with Crippen molar-refractivity contribution in [2.24, 2.45) is 0 Å². The summed E-state index contributed by atoms with van der Waals surface area (Å²) in [6, 6.07) is 26.4. The maximum absolute atomic E-state index is 12.4. The van der Waals surface area contributed by atoms with E-state index in [1.807, 2.05) is 54.6 Å². The van der Waals surface area contributed by atoms with Gasteiger partial charge in [-0.1, -0.05) is 72.0 Å². The van der Waals surface area contributed by atoms with Gasteiger partial charge in [-0.15, -0.1) is 0 Å². The van der Waals surface area contributed by atoms with Crippen LogP contribution < -0.4 is 5.56 Å². The lowest BCUT2D eigenvalue weighted by Gasteiger charge is -2.04. The molecule has 4 aromatic rings. The topological polar surface area (TPSA) is 32.9 Å². The first-order chi connectivity index (χ1) is 13.7. The third-order valence-corrected chi connectivity index (χ3v) is 4.80. The van der Waals surface area contributed by atoms with Crippen LogP contribution in [-0.4, -0.2) is 4.98 Å². The summed E-state index contributed by atoms with van der Waals surface area (Å²) >= 11 is 0. The van der Waals surface area contributed by atoms with Gasteiger partial charge < -0.3 is 4.98 Å². The first-order valence-corrected chi connectivity index (χ1v) is 9.42. The van der Waals surface area contributed by atoms with Crippen molar-refractivity contribution in [3.63, 3.8) is 0 Å². The Balaban J connectivity index is 1.59. The van der Waals surface area contributed by atoms with Gasteiger partial charge in [-0.05, 0) is 47.7 Å². The van der Waals surface area contributed by atoms with Gasteiger partial charge in [0.2, 0.25) is 0 Å². The van der Waals surface area contributed by atoms with Gasteiger partial charge in [-0.2, -0.15) is 0 Å². The molecule has 1 aromatic heterocycles. The lowest BCUT2D eigenvalue weighted by Crippen LogP contribution is -2.12. The lowest BCUT2D eigenvalue weighted by molar-refractivity contribution is 1.12. The van der Waals surface area contributed by atoms with E-state index in [-0.39, 0.29) is 5.56 Å². The molecule has 1 heterocycles. The number of aromatic nitrogens is 1. The highest BCUT2D eigenvalue weighted by atomic mass is 16.1. The molecule has 2 nitrogen and oxygen atoms in total. The molecule has 0 bridgehead atoms. The first kappa shape index (κ1) is 17.8. The molecular formula is C26H21NO. The van der Waals surface area contributed by atoms with Gasteiger partial charge in [0.25, 0.3) is 5.56 Å². The molecule has 0 atom stereocenters. The lowest BCUT2D eigenvalue weighted by atomic mass is 10.0. The van der Waals surface area contributed by atoms with Crippen LogP contribution >= 0.6 is 0 Å². The second kappa shape index (κ2) is 7.98. The van der Waals surface area contributed by atoms with Gasteiger partial charge in [0.05, 0.1) is 0 Å². The standard InChI is InChI=1S/C26H21NO/c1-19-10-12-20(13-11-19)8-5-9-22-14-15-25-23(16-22)18-24(26(28)27-25)17-21-6-3-2-4-7-21/h2-4,6-7,10-16,18H,8,17H2,1H3,(H,27,28). The van der Waals surface area contributed by atoms with Crippen molar-refractivity contribution in [1.82, 2.24) is 4.98 Å². The molecule has 0 aliphatic rings. The van der Waals surface area contributed by atoms with Crippen LogP contribution in [0.4, 0.5) is 0 Å². The Morgan fingerprint density at radius 3 is 2.43 bits per heavy atom. The summed E-state index contributed by atoms with van der Waals surface area (Å²) < 4.78 is 0. The summed E-state index contributed by atoms with van der Waals surface area (Å²) in [5, 5.41) is 1.01. The number of aryl methyl sites for hydroxylation is 1. The third-order valence-electron chi connectivity index (χ3n) is 4.80. The predicted octanol–water partition coefficient (Wildman–Crippen LogP) is 5.02. The van der Waals surface area contributed by atoms with E-state index in [2.05, 4.69) is 48.0 Å². The van der Waals surface area contributed by atoms with E-state index >= 15 is 0 Å². The Bertz CT molecular complexity index is 1220. The fourth-order valence-electron chi connectivity index (χ4n) is 3.23. The molecule has 0 spiro atoms. The molecule has 2 heteroatoms. The molecule has 0 fully saturated rings. The van der Waals surface area contributed by atoms with E-state index in [0.29, 0.717) is 6.42 Å². The van der Waals surface area contributed by atoms with Gasteiger partial charge in [0, 0.05) is 29.5 Å². The van der Waals surface area contributed by atoms with Crippen LogP contribution in [0, 0.1) is 18.8 Å². The molecule has 0 radical (unpaired) electrons. The minimum absolute atomic E-state index is 0.0328. The highest BCUT2D eigenvalue weighted by molar-refractivity contribution is 5.80. The van der Waals surface area contributed by atoms with Gasteiger partial charge >= 0.3 is 0 Å². The Morgan fingerprint density at radius 2 is 1.64 bits per heavy atom. The smallest absolute Gasteiger partial charge is 0.251 e. The fraction of sp³-hybridized carbons (Fsp3) is 0.115. The minimum atomic E-state index is -0.0328. The molecule has 4 rings (SSSR count). The second-order valence-electron chi connectivity index (χ2n) is 7.05. The van der Waals surface area contributed by atoms with Crippen LogP contribution in [0.5, 0.6) is 0 Å². The molecule has 0 saturated carbocycles. The van der Waals surface area contributed by atoms with Gasteiger partial charge in [0.15, 0.2) is 0 Å².